The summed E-state index contributed by atoms with van der Waals surface area (Å²) in [6, 6.07) is 14.9. The van der Waals surface area contributed by atoms with Crippen LogP contribution in [0.15, 0.2) is 48.5 Å². The molecule has 114 valence electrons. The maximum absolute atomic E-state index is 11.9. The van der Waals surface area contributed by atoms with E-state index in [9.17, 15) is 4.79 Å². The number of ether oxygens (including phenoxy) is 2. The Morgan fingerprint density at radius 3 is 2.59 bits per heavy atom. The van der Waals surface area contributed by atoms with Gasteiger partial charge in [0.1, 0.15) is 0 Å². The highest BCUT2D eigenvalue weighted by Crippen LogP contribution is 2.32. The third-order valence-corrected chi connectivity index (χ3v) is 3.30. The summed E-state index contributed by atoms with van der Waals surface area (Å²) >= 11 is 0. The number of hydrogen-bond donors (Lipinski definition) is 2. The minimum atomic E-state index is -0.252. The average molecular weight is 298 g/mol. The van der Waals surface area contributed by atoms with Gasteiger partial charge in [0.2, 0.25) is 0 Å². The molecule has 3 rings (SSSR count). The quantitative estimate of drug-likeness (QED) is 0.915. The number of fused-ring (bicyclic) bond motifs is 1. The molecular formula is C17H18N2O3. The number of benzene rings is 2. The lowest BCUT2D eigenvalue weighted by molar-refractivity contribution is 0.251. The fourth-order valence-electron chi connectivity index (χ4n) is 2.19. The predicted octanol–water partition coefficient (Wildman–Crippen LogP) is 3.17. The number of hydrogen-bond acceptors (Lipinski definition) is 3. The smallest absolute Gasteiger partial charge is 0.319 e. The first-order valence-corrected chi connectivity index (χ1v) is 7.30. The molecule has 0 atom stereocenters. The molecule has 1 heterocycles. The van der Waals surface area contributed by atoms with Crippen molar-refractivity contribution in [2.24, 2.45) is 0 Å². The Morgan fingerprint density at radius 1 is 1.00 bits per heavy atom. The summed E-state index contributed by atoms with van der Waals surface area (Å²) < 4.78 is 11.2. The molecule has 0 fully saturated rings. The van der Waals surface area contributed by atoms with E-state index >= 15 is 0 Å². The molecule has 0 saturated heterocycles. The fourth-order valence-corrected chi connectivity index (χ4v) is 2.19. The predicted molar refractivity (Wildman–Crippen MR) is 84.3 cm³/mol. The monoisotopic (exact) mass is 298 g/mol. The van der Waals surface area contributed by atoms with Gasteiger partial charge in [-0.1, -0.05) is 30.3 Å². The highest BCUT2D eigenvalue weighted by molar-refractivity contribution is 5.89. The summed E-state index contributed by atoms with van der Waals surface area (Å²) in [6.45, 7) is 1.76. The Labute approximate surface area is 129 Å². The first-order valence-electron chi connectivity index (χ1n) is 7.30. The van der Waals surface area contributed by atoms with E-state index in [0.29, 0.717) is 36.9 Å². The summed E-state index contributed by atoms with van der Waals surface area (Å²) in [5, 5.41) is 5.61. The van der Waals surface area contributed by atoms with E-state index < -0.39 is 0 Å². The molecule has 5 nitrogen and oxygen atoms in total. The van der Waals surface area contributed by atoms with Gasteiger partial charge in [0.05, 0.1) is 13.2 Å². The van der Waals surface area contributed by atoms with Crippen molar-refractivity contribution in [1.29, 1.82) is 0 Å². The van der Waals surface area contributed by atoms with Crippen LogP contribution in [-0.4, -0.2) is 19.2 Å². The molecule has 5 heteroatoms. The van der Waals surface area contributed by atoms with Gasteiger partial charge in [0, 0.05) is 24.7 Å². The van der Waals surface area contributed by atoms with Crippen molar-refractivity contribution in [3.63, 3.8) is 0 Å². The van der Waals surface area contributed by atoms with E-state index in [1.807, 2.05) is 36.4 Å². The van der Waals surface area contributed by atoms with Crippen molar-refractivity contribution in [2.75, 3.05) is 18.5 Å². The maximum atomic E-state index is 11.9. The van der Waals surface area contributed by atoms with Gasteiger partial charge in [0.15, 0.2) is 11.5 Å². The van der Waals surface area contributed by atoms with Crippen LogP contribution in [0.2, 0.25) is 0 Å². The average Bonchev–Trinajstić information content (AvgIpc) is 2.79. The van der Waals surface area contributed by atoms with Crippen LogP contribution in [0.5, 0.6) is 11.5 Å². The van der Waals surface area contributed by atoms with Gasteiger partial charge in [0.25, 0.3) is 0 Å². The van der Waals surface area contributed by atoms with Crippen LogP contribution in [0.25, 0.3) is 0 Å². The Morgan fingerprint density at radius 2 is 1.77 bits per heavy atom. The van der Waals surface area contributed by atoms with Crippen LogP contribution in [0.1, 0.15) is 12.0 Å². The zero-order valence-electron chi connectivity index (χ0n) is 12.2. The Bertz CT molecular complexity index is 644. The normalized spacial score (nSPS) is 13.1. The van der Waals surface area contributed by atoms with Crippen molar-refractivity contribution in [3.8, 4) is 11.5 Å². The molecule has 0 aliphatic carbocycles. The summed E-state index contributed by atoms with van der Waals surface area (Å²) in [4.78, 5) is 11.9. The van der Waals surface area contributed by atoms with Gasteiger partial charge in [-0.25, -0.2) is 4.79 Å². The van der Waals surface area contributed by atoms with Gasteiger partial charge < -0.3 is 20.1 Å². The fraction of sp³-hybridized carbons (Fsp3) is 0.235. The summed E-state index contributed by atoms with van der Waals surface area (Å²) in [5.74, 6) is 1.38. The first kappa shape index (κ1) is 14.3. The summed E-state index contributed by atoms with van der Waals surface area (Å²) in [6.07, 6.45) is 0.856. The lowest BCUT2D eigenvalue weighted by atomic mass is 10.2. The minimum absolute atomic E-state index is 0.252. The molecule has 1 aliphatic heterocycles. The molecule has 0 spiro atoms. The van der Waals surface area contributed by atoms with E-state index in [2.05, 4.69) is 10.6 Å². The third-order valence-electron chi connectivity index (χ3n) is 3.30. The number of amides is 2. The molecule has 22 heavy (non-hydrogen) atoms. The van der Waals surface area contributed by atoms with E-state index in [-0.39, 0.29) is 6.03 Å². The van der Waals surface area contributed by atoms with Crippen molar-refractivity contribution in [1.82, 2.24) is 5.32 Å². The van der Waals surface area contributed by atoms with Gasteiger partial charge in [-0.2, -0.15) is 0 Å². The zero-order valence-corrected chi connectivity index (χ0v) is 12.2. The van der Waals surface area contributed by atoms with Gasteiger partial charge in [-0.3, -0.25) is 0 Å². The number of rotatable bonds is 3. The Hall–Kier alpha value is -2.69. The zero-order chi connectivity index (χ0) is 15.2. The highest BCUT2D eigenvalue weighted by atomic mass is 16.5. The molecule has 2 amide bonds. The third kappa shape index (κ3) is 3.69. The van der Waals surface area contributed by atoms with Crippen LogP contribution >= 0.6 is 0 Å². The topological polar surface area (TPSA) is 59.6 Å². The Kier molecular flexibility index (Phi) is 4.44. The second kappa shape index (κ2) is 6.85. The van der Waals surface area contributed by atoms with E-state index in [1.165, 1.54) is 0 Å². The first-order chi connectivity index (χ1) is 10.8. The maximum Gasteiger partial charge on any atom is 0.319 e. The van der Waals surface area contributed by atoms with Gasteiger partial charge >= 0.3 is 6.03 Å². The molecule has 0 bridgehead atoms. The summed E-state index contributed by atoms with van der Waals surface area (Å²) in [5.41, 5.74) is 1.73. The standard InChI is InChI=1S/C17H18N2O3/c20-17(18-12-13-5-2-1-3-6-13)19-14-7-8-15-16(11-14)22-10-4-9-21-15/h1-3,5-8,11H,4,9-10,12H2,(H2,18,19,20). The molecular weight excluding hydrogens is 280 g/mol. The number of urea groups is 1. The highest BCUT2D eigenvalue weighted by Gasteiger charge is 2.11. The Balaban J connectivity index is 1.58. The van der Waals surface area contributed by atoms with E-state index in [1.54, 1.807) is 12.1 Å². The van der Waals surface area contributed by atoms with Gasteiger partial charge in [-0.05, 0) is 17.7 Å². The second-order valence-corrected chi connectivity index (χ2v) is 5.01. The van der Waals surface area contributed by atoms with E-state index in [0.717, 1.165) is 12.0 Å². The molecule has 2 N–H and O–H groups in total. The lowest BCUT2D eigenvalue weighted by Crippen LogP contribution is -2.28. The van der Waals surface area contributed by atoms with Crippen LogP contribution in [-0.2, 0) is 6.54 Å². The van der Waals surface area contributed by atoms with Crippen LogP contribution in [0.4, 0.5) is 10.5 Å². The minimum Gasteiger partial charge on any atom is -0.490 e. The van der Waals surface area contributed by atoms with Crippen molar-refractivity contribution < 1.29 is 14.3 Å². The molecule has 0 aromatic heterocycles. The van der Waals surface area contributed by atoms with E-state index in [4.69, 9.17) is 9.47 Å². The molecule has 0 saturated carbocycles. The molecule has 2 aromatic rings. The van der Waals surface area contributed by atoms with Crippen LogP contribution in [0, 0.1) is 0 Å². The second-order valence-electron chi connectivity index (χ2n) is 5.01. The van der Waals surface area contributed by atoms with Crippen LogP contribution < -0.4 is 20.1 Å². The molecule has 0 radical (unpaired) electrons. The molecule has 0 unspecified atom stereocenters. The summed E-state index contributed by atoms with van der Waals surface area (Å²) in [7, 11) is 0. The number of nitrogens with one attached hydrogen (secondary N) is 2. The number of anilines is 1. The molecule has 1 aliphatic rings. The van der Waals surface area contributed by atoms with Crippen molar-refractivity contribution in [3.05, 3.63) is 54.1 Å². The SMILES string of the molecule is O=C(NCc1ccccc1)Nc1ccc2c(c1)OCCCO2. The van der Waals surface area contributed by atoms with Gasteiger partial charge in [-0.15, -0.1) is 0 Å². The largest absolute Gasteiger partial charge is 0.490 e. The molecule has 2 aromatic carbocycles. The number of carbonyl (C=O) groups is 1. The van der Waals surface area contributed by atoms with Crippen molar-refractivity contribution in [2.45, 2.75) is 13.0 Å². The van der Waals surface area contributed by atoms with Crippen molar-refractivity contribution >= 4 is 11.7 Å². The van der Waals surface area contributed by atoms with Crippen LogP contribution in [0.3, 0.4) is 0 Å². The lowest BCUT2D eigenvalue weighted by Gasteiger charge is -2.11. The number of carbonyl (C=O) groups excluding carboxylic acids is 1.